The Balaban J connectivity index is 1.77. The van der Waals surface area contributed by atoms with Crippen LogP contribution < -0.4 is 5.32 Å². The highest BCUT2D eigenvalue weighted by atomic mass is 32.2. The fourth-order valence-corrected chi connectivity index (χ4v) is 5.33. The van der Waals surface area contributed by atoms with Gasteiger partial charge in [-0.05, 0) is 30.0 Å². The molecule has 1 aliphatic heterocycles. The average Bonchev–Trinajstić information content (AvgIpc) is 3.30. The molecule has 2 aromatic carbocycles. The molecule has 1 amide bonds. The van der Waals surface area contributed by atoms with Crippen LogP contribution in [0.4, 0.5) is 4.79 Å². The SMILES string of the molecule is CC(C)CN(C[C@@H](O)[C@H](Cc1ccccc1)NC(=O)O[C@H]1CCOC1)S(=O)c1cc(O)cc(O)c1. The highest BCUT2D eigenvalue weighted by Gasteiger charge is 2.29. The number of phenols is 2. The molecule has 9 nitrogen and oxygen atoms in total. The molecular formula is C25H34N2O7S. The molecule has 0 radical (unpaired) electrons. The van der Waals surface area contributed by atoms with Crippen molar-refractivity contribution in [3.63, 3.8) is 0 Å². The summed E-state index contributed by atoms with van der Waals surface area (Å²) in [6.07, 6.45) is -1.09. The van der Waals surface area contributed by atoms with Gasteiger partial charge in [-0.3, -0.25) is 0 Å². The third-order valence-electron chi connectivity index (χ3n) is 5.50. The average molecular weight is 507 g/mol. The second-order valence-corrected chi connectivity index (χ2v) is 10.6. The number of carbonyl (C=O) groups excluding carboxylic acids is 1. The number of rotatable bonds is 11. The van der Waals surface area contributed by atoms with Crippen LogP contribution >= 0.6 is 0 Å². The van der Waals surface area contributed by atoms with Crippen LogP contribution in [-0.4, -0.2) is 74.5 Å². The maximum Gasteiger partial charge on any atom is 0.407 e. The second kappa shape index (κ2) is 12.9. The molecule has 1 aliphatic rings. The van der Waals surface area contributed by atoms with Gasteiger partial charge in [0.05, 0.1) is 30.3 Å². The van der Waals surface area contributed by atoms with Crippen molar-refractivity contribution in [3.05, 3.63) is 54.1 Å². The van der Waals surface area contributed by atoms with Crippen LogP contribution in [0, 0.1) is 5.92 Å². The summed E-state index contributed by atoms with van der Waals surface area (Å²) in [6.45, 7) is 5.15. The Hall–Kier alpha value is -2.66. The van der Waals surface area contributed by atoms with Gasteiger partial charge in [0.1, 0.15) is 28.6 Å². The Morgan fingerprint density at radius 2 is 1.86 bits per heavy atom. The number of benzene rings is 2. The molecule has 192 valence electrons. The molecule has 1 heterocycles. The minimum Gasteiger partial charge on any atom is -0.508 e. The first-order chi connectivity index (χ1) is 16.7. The lowest BCUT2D eigenvalue weighted by Crippen LogP contribution is -2.50. The number of alkyl carbamates (subject to hydrolysis) is 1. The van der Waals surface area contributed by atoms with Crippen LogP contribution in [0.2, 0.25) is 0 Å². The number of phenolic OH excluding ortho intramolecular Hbond substituents is 2. The zero-order chi connectivity index (χ0) is 25.4. The van der Waals surface area contributed by atoms with E-state index in [1.807, 2.05) is 44.2 Å². The number of carbonyl (C=O) groups is 1. The van der Waals surface area contributed by atoms with Gasteiger partial charge < -0.3 is 30.1 Å². The Labute approximate surface area is 208 Å². The van der Waals surface area contributed by atoms with E-state index in [2.05, 4.69) is 5.32 Å². The van der Waals surface area contributed by atoms with Crippen molar-refractivity contribution in [3.8, 4) is 11.5 Å². The van der Waals surface area contributed by atoms with Gasteiger partial charge in [-0.15, -0.1) is 0 Å². The molecule has 10 heteroatoms. The molecule has 0 spiro atoms. The van der Waals surface area contributed by atoms with Crippen LogP contribution in [0.1, 0.15) is 25.8 Å². The largest absolute Gasteiger partial charge is 0.508 e. The molecule has 4 atom stereocenters. The Morgan fingerprint density at radius 1 is 1.17 bits per heavy atom. The molecule has 35 heavy (non-hydrogen) atoms. The summed E-state index contributed by atoms with van der Waals surface area (Å²) in [4.78, 5) is 12.8. The molecule has 1 saturated heterocycles. The molecule has 0 bridgehead atoms. The predicted molar refractivity (Wildman–Crippen MR) is 131 cm³/mol. The van der Waals surface area contributed by atoms with Crippen molar-refractivity contribution in [2.45, 2.75) is 49.8 Å². The van der Waals surface area contributed by atoms with Crippen molar-refractivity contribution >= 4 is 17.1 Å². The molecule has 0 saturated carbocycles. The first-order valence-electron chi connectivity index (χ1n) is 11.7. The summed E-state index contributed by atoms with van der Waals surface area (Å²) in [5.41, 5.74) is 0.912. The third-order valence-corrected chi connectivity index (χ3v) is 6.91. The maximum atomic E-state index is 13.3. The van der Waals surface area contributed by atoms with Gasteiger partial charge in [0, 0.05) is 25.6 Å². The molecule has 4 N–H and O–H groups in total. The summed E-state index contributed by atoms with van der Waals surface area (Å²) in [5.74, 6) is -0.300. The van der Waals surface area contributed by atoms with Crippen molar-refractivity contribution in [1.82, 2.24) is 9.62 Å². The lowest BCUT2D eigenvalue weighted by atomic mass is 10.0. The normalized spacial score (nSPS) is 18.4. The van der Waals surface area contributed by atoms with E-state index in [1.165, 1.54) is 12.1 Å². The van der Waals surface area contributed by atoms with E-state index in [0.717, 1.165) is 11.6 Å². The van der Waals surface area contributed by atoms with E-state index < -0.39 is 29.2 Å². The Morgan fingerprint density at radius 3 is 2.46 bits per heavy atom. The standard InChI is InChI=1S/C25H34N2O7S/c1-17(2)14-27(35(32)22-12-19(28)11-20(29)13-22)15-24(30)23(10-18-6-4-3-5-7-18)26-25(31)34-21-8-9-33-16-21/h3-7,11-13,17,21,23-24,28-30H,8-10,14-16H2,1-2H3,(H,26,31)/t21-,23-,24+,35?/m0/s1. The zero-order valence-electron chi connectivity index (χ0n) is 20.0. The van der Waals surface area contributed by atoms with E-state index in [4.69, 9.17) is 9.47 Å². The van der Waals surface area contributed by atoms with Gasteiger partial charge in [0.25, 0.3) is 0 Å². The van der Waals surface area contributed by atoms with Crippen LogP contribution in [-0.2, 0) is 26.9 Å². The van der Waals surface area contributed by atoms with E-state index in [9.17, 15) is 24.3 Å². The number of amides is 1. The first-order valence-corrected chi connectivity index (χ1v) is 12.8. The van der Waals surface area contributed by atoms with Crippen LogP contribution in [0.25, 0.3) is 0 Å². The molecule has 1 unspecified atom stereocenters. The number of nitrogens with zero attached hydrogens (tertiary/aromatic N) is 1. The van der Waals surface area contributed by atoms with Gasteiger partial charge >= 0.3 is 6.09 Å². The molecule has 1 fully saturated rings. The van der Waals surface area contributed by atoms with Gasteiger partial charge in [-0.2, -0.15) is 0 Å². The Kier molecular flexibility index (Phi) is 9.91. The summed E-state index contributed by atoms with van der Waals surface area (Å²) in [7, 11) is -1.77. The highest BCUT2D eigenvalue weighted by Crippen LogP contribution is 2.25. The molecule has 3 rings (SSSR count). The van der Waals surface area contributed by atoms with E-state index in [1.54, 1.807) is 4.31 Å². The van der Waals surface area contributed by atoms with Gasteiger partial charge in [0.15, 0.2) is 0 Å². The van der Waals surface area contributed by atoms with Crippen molar-refractivity contribution in [2.24, 2.45) is 5.92 Å². The van der Waals surface area contributed by atoms with E-state index in [0.29, 0.717) is 32.6 Å². The predicted octanol–water partition coefficient (Wildman–Crippen LogP) is 2.57. The zero-order valence-corrected chi connectivity index (χ0v) is 20.8. The molecule has 2 aromatic rings. The lowest BCUT2D eigenvalue weighted by molar-refractivity contribution is 0.0647. The number of aromatic hydroxyl groups is 2. The van der Waals surface area contributed by atoms with Crippen LogP contribution in [0.15, 0.2) is 53.4 Å². The summed E-state index contributed by atoms with van der Waals surface area (Å²) >= 11 is 0. The molecular weight excluding hydrogens is 472 g/mol. The number of ether oxygens (including phenoxy) is 2. The van der Waals surface area contributed by atoms with Gasteiger partial charge in [0.2, 0.25) is 0 Å². The summed E-state index contributed by atoms with van der Waals surface area (Å²) in [5, 5.41) is 33.6. The van der Waals surface area contributed by atoms with Crippen molar-refractivity contribution in [1.29, 1.82) is 0 Å². The highest BCUT2D eigenvalue weighted by molar-refractivity contribution is 7.82. The minimum atomic E-state index is -1.77. The molecule has 0 aromatic heterocycles. The van der Waals surface area contributed by atoms with Crippen molar-refractivity contribution in [2.75, 3.05) is 26.3 Å². The van der Waals surface area contributed by atoms with Crippen molar-refractivity contribution < 1.29 is 33.8 Å². The smallest absolute Gasteiger partial charge is 0.407 e. The number of aliphatic hydroxyl groups excluding tert-OH is 1. The number of hydrogen-bond donors (Lipinski definition) is 4. The lowest BCUT2D eigenvalue weighted by Gasteiger charge is -2.30. The molecule has 0 aliphatic carbocycles. The van der Waals surface area contributed by atoms with Gasteiger partial charge in [-0.25, -0.2) is 13.3 Å². The number of hydrogen-bond acceptors (Lipinski definition) is 7. The van der Waals surface area contributed by atoms with Crippen LogP contribution in [0.3, 0.4) is 0 Å². The third kappa shape index (κ3) is 8.50. The minimum absolute atomic E-state index is 0.0223. The second-order valence-electron chi connectivity index (χ2n) is 9.07. The Bertz CT molecular complexity index is 963. The van der Waals surface area contributed by atoms with Crippen LogP contribution in [0.5, 0.6) is 11.5 Å². The van der Waals surface area contributed by atoms with E-state index >= 15 is 0 Å². The maximum absolute atomic E-state index is 13.3. The first kappa shape index (κ1) is 26.9. The number of nitrogens with one attached hydrogen (secondary N) is 1. The monoisotopic (exact) mass is 506 g/mol. The summed E-state index contributed by atoms with van der Waals surface area (Å²) in [6, 6.07) is 12.5. The quantitative estimate of drug-likeness (QED) is 0.369. The fourth-order valence-electron chi connectivity index (χ4n) is 3.86. The number of aliphatic hydroxyl groups is 1. The fraction of sp³-hybridized carbons (Fsp3) is 0.480. The topological polar surface area (TPSA) is 129 Å². The van der Waals surface area contributed by atoms with E-state index in [-0.39, 0.29) is 35.0 Å². The van der Waals surface area contributed by atoms with Gasteiger partial charge in [-0.1, -0.05) is 44.2 Å². The summed E-state index contributed by atoms with van der Waals surface area (Å²) < 4.78 is 25.6.